The van der Waals surface area contributed by atoms with E-state index in [0.29, 0.717) is 19.0 Å². The maximum absolute atomic E-state index is 14.0. The van der Waals surface area contributed by atoms with Crippen LogP contribution in [-0.4, -0.2) is 13.2 Å². The molecule has 0 bridgehead atoms. The second-order valence-corrected chi connectivity index (χ2v) is 16.4. The monoisotopic (exact) mass is 623 g/mol. The standard InChI is InChI=1S/C38H71O4P/c1-9-11-13-15-17-19-21-23-25-27-31-40-43(39,41-32-28-26-24-22-20-18-16-14-12-10-2)42-36-30-29-34(37(3,4)5)33-35(36)38(6,7)8/h29-30,33H,9-28,31-32H2,1-8H3. The Morgan fingerprint density at radius 2 is 0.907 bits per heavy atom. The van der Waals surface area contributed by atoms with Crippen molar-refractivity contribution >= 4 is 7.82 Å². The summed E-state index contributed by atoms with van der Waals surface area (Å²) in [6.07, 6.45) is 25.0. The fourth-order valence-electron chi connectivity index (χ4n) is 5.40. The Bertz CT molecular complexity index is 838. The van der Waals surface area contributed by atoms with Gasteiger partial charge in [0.2, 0.25) is 0 Å². The van der Waals surface area contributed by atoms with Gasteiger partial charge in [-0.25, -0.2) is 4.57 Å². The minimum absolute atomic E-state index is 0.0141. The second-order valence-electron chi connectivity index (χ2n) is 14.8. The van der Waals surface area contributed by atoms with Gasteiger partial charge in [0.05, 0.1) is 13.2 Å². The van der Waals surface area contributed by atoms with Gasteiger partial charge in [0, 0.05) is 5.56 Å². The molecule has 0 aliphatic heterocycles. The van der Waals surface area contributed by atoms with Crippen LogP contribution in [0.2, 0.25) is 0 Å². The highest BCUT2D eigenvalue weighted by Crippen LogP contribution is 2.52. The summed E-state index contributed by atoms with van der Waals surface area (Å²) in [7, 11) is -3.75. The van der Waals surface area contributed by atoms with Crippen LogP contribution in [0.15, 0.2) is 18.2 Å². The van der Waals surface area contributed by atoms with Crippen LogP contribution in [0, 0.1) is 0 Å². The van der Waals surface area contributed by atoms with Gasteiger partial charge in [-0.05, 0) is 35.3 Å². The number of rotatable bonds is 26. The first-order chi connectivity index (χ1) is 20.4. The van der Waals surface area contributed by atoms with Crippen LogP contribution in [0.1, 0.15) is 195 Å². The molecule has 0 saturated carbocycles. The van der Waals surface area contributed by atoms with E-state index in [0.717, 1.165) is 31.2 Å². The first kappa shape index (κ1) is 40.2. The van der Waals surface area contributed by atoms with Crippen LogP contribution in [-0.2, 0) is 24.4 Å². The molecule has 1 rings (SSSR count). The highest BCUT2D eigenvalue weighted by atomic mass is 31.2. The van der Waals surface area contributed by atoms with E-state index in [2.05, 4.69) is 67.5 Å². The summed E-state index contributed by atoms with van der Waals surface area (Å²) in [4.78, 5) is 0. The summed E-state index contributed by atoms with van der Waals surface area (Å²) >= 11 is 0. The average molecular weight is 623 g/mol. The van der Waals surface area contributed by atoms with E-state index in [-0.39, 0.29) is 10.8 Å². The summed E-state index contributed by atoms with van der Waals surface area (Å²) < 4.78 is 32.2. The number of unbranched alkanes of at least 4 members (excludes halogenated alkanes) is 18. The van der Waals surface area contributed by atoms with Gasteiger partial charge in [-0.1, -0.05) is 183 Å². The lowest BCUT2D eigenvalue weighted by molar-refractivity contribution is 0.150. The molecule has 0 spiro atoms. The molecule has 0 saturated heterocycles. The predicted octanol–water partition coefficient (Wildman–Crippen LogP) is 13.6. The number of phosphoric acid groups is 1. The molecule has 0 aliphatic rings. The van der Waals surface area contributed by atoms with Crippen molar-refractivity contribution in [1.82, 2.24) is 0 Å². The predicted molar refractivity (Wildman–Crippen MR) is 188 cm³/mol. The van der Waals surface area contributed by atoms with Crippen LogP contribution in [0.25, 0.3) is 0 Å². The SMILES string of the molecule is CCCCCCCCCCCCOP(=O)(OCCCCCCCCCCCC)Oc1ccc(C(C)(C)C)cc1C(C)(C)C. The van der Waals surface area contributed by atoms with Crippen molar-refractivity contribution in [3.8, 4) is 5.75 Å². The zero-order chi connectivity index (χ0) is 32.0. The number of phosphoric ester groups is 1. The smallest absolute Gasteiger partial charge is 0.404 e. The lowest BCUT2D eigenvalue weighted by Crippen LogP contribution is -2.18. The molecule has 1 aromatic carbocycles. The first-order valence-corrected chi connectivity index (χ1v) is 19.6. The first-order valence-electron chi connectivity index (χ1n) is 18.2. The number of hydrogen-bond donors (Lipinski definition) is 0. The zero-order valence-electron chi connectivity index (χ0n) is 29.9. The average Bonchev–Trinajstić information content (AvgIpc) is 2.93. The molecule has 43 heavy (non-hydrogen) atoms. The van der Waals surface area contributed by atoms with Crippen LogP contribution < -0.4 is 4.52 Å². The van der Waals surface area contributed by atoms with Crippen molar-refractivity contribution in [1.29, 1.82) is 0 Å². The fourth-order valence-corrected chi connectivity index (χ4v) is 6.69. The molecule has 0 aliphatic carbocycles. The van der Waals surface area contributed by atoms with Crippen LogP contribution in [0.4, 0.5) is 0 Å². The van der Waals surface area contributed by atoms with Gasteiger partial charge in [-0.15, -0.1) is 0 Å². The molecule has 0 fully saturated rings. The Labute approximate surface area is 268 Å². The van der Waals surface area contributed by atoms with Crippen molar-refractivity contribution in [3.63, 3.8) is 0 Å². The highest BCUT2D eigenvalue weighted by Gasteiger charge is 2.32. The summed E-state index contributed by atoms with van der Waals surface area (Å²) in [5, 5.41) is 0. The van der Waals surface area contributed by atoms with Gasteiger partial charge in [-0.2, -0.15) is 0 Å². The molecule has 5 heteroatoms. The van der Waals surface area contributed by atoms with Gasteiger partial charge in [-0.3, -0.25) is 9.05 Å². The fraction of sp³-hybridized carbons (Fsp3) is 0.842. The molecule has 1 aromatic rings. The molecular weight excluding hydrogens is 551 g/mol. The van der Waals surface area contributed by atoms with Crippen molar-refractivity contribution in [2.24, 2.45) is 0 Å². The number of benzene rings is 1. The van der Waals surface area contributed by atoms with Crippen LogP contribution >= 0.6 is 7.82 Å². The van der Waals surface area contributed by atoms with Gasteiger partial charge in [0.1, 0.15) is 5.75 Å². The third kappa shape index (κ3) is 19.3. The third-order valence-electron chi connectivity index (χ3n) is 8.36. The van der Waals surface area contributed by atoms with Crippen molar-refractivity contribution in [2.45, 2.75) is 195 Å². The van der Waals surface area contributed by atoms with Gasteiger partial charge in [0.15, 0.2) is 0 Å². The molecular formula is C38H71O4P. The zero-order valence-corrected chi connectivity index (χ0v) is 30.8. The van der Waals surface area contributed by atoms with E-state index in [9.17, 15) is 4.57 Å². The Balaban J connectivity index is 2.68. The van der Waals surface area contributed by atoms with Crippen molar-refractivity contribution in [2.75, 3.05) is 13.2 Å². The Morgan fingerprint density at radius 1 is 0.535 bits per heavy atom. The second kappa shape index (κ2) is 22.6. The van der Waals surface area contributed by atoms with Crippen molar-refractivity contribution in [3.05, 3.63) is 29.3 Å². The molecule has 0 aromatic heterocycles. The molecule has 0 unspecified atom stereocenters. The summed E-state index contributed by atoms with van der Waals surface area (Å²) in [5.74, 6) is 0.606. The molecule has 0 amide bonds. The van der Waals surface area contributed by atoms with E-state index in [1.807, 2.05) is 6.07 Å². The topological polar surface area (TPSA) is 44.8 Å². The highest BCUT2D eigenvalue weighted by molar-refractivity contribution is 7.48. The van der Waals surface area contributed by atoms with E-state index in [1.165, 1.54) is 108 Å². The normalized spacial score (nSPS) is 12.7. The van der Waals surface area contributed by atoms with Gasteiger partial charge >= 0.3 is 7.82 Å². The van der Waals surface area contributed by atoms with Crippen LogP contribution in [0.3, 0.4) is 0 Å². The Morgan fingerprint density at radius 3 is 1.26 bits per heavy atom. The maximum atomic E-state index is 14.0. The number of hydrogen-bond acceptors (Lipinski definition) is 4. The maximum Gasteiger partial charge on any atom is 0.530 e. The molecule has 0 atom stereocenters. The third-order valence-corrected chi connectivity index (χ3v) is 9.78. The van der Waals surface area contributed by atoms with E-state index < -0.39 is 7.82 Å². The molecule has 252 valence electrons. The minimum atomic E-state index is -3.75. The lowest BCUT2D eigenvalue weighted by Gasteiger charge is -2.28. The Kier molecular flexibility index (Phi) is 21.2. The molecule has 0 N–H and O–H groups in total. The van der Waals surface area contributed by atoms with Crippen LogP contribution in [0.5, 0.6) is 5.75 Å². The van der Waals surface area contributed by atoms with Crippen molar-refractivity contribution < 1.29 is 18.1 Å². The largest absolute Gasteiger partial charge is 0.530 e. The summed E-state index contributed by atoms with van der Waals surface area (Å²) in [6, 6.07) is 6.24. The quantitative estimate of drug-likeness (QED) is 0.0761. The summed E-state index contributed by atoms with van der Waals surface area (Å²) in [6.45, 7) is 18.5. The molecule has 0 radical (unpaired) electrons. The van der Waals surface area contributed by atoms with Gasteiger partial charge < -0.3 is 4.52 Å². The minimum Gasteiger partial charge on any atom is -0.404 e. The van der Waals surface area contributed by atoms with E-state index in [4.69, 9.17) is 13.6 Å². The van der Waals surface area contributed by atoms with E-state index >= 15 is 0 Å². The van der Waals surface area contributed by atoms with E-state index in [1.54, 1.807) is 0 Å². The summed E-state index contributed by atoms with van der Waals surface area (Å²) in [5.41, 5.74) is 2.11. The molecule has 4 nitrogen and oxygen atoms in total. The molecule has 0 heterocycles. The van der Waals surface area contributed by atoms with Gasteiger partial charge in [0.25, 0.3) is 0 Å². The lowest BCUT2D eigenvalue weighted by atomic mass is 9.80. The Hall–Kier alpha value is -0.830.